The minimum Gasteiger partial charge on any atom is -0.276 e. The molecule has 14 heavy (non-hydrogen) atoms. The van der Waals surface area contributed by atoms with Crippen LogP contribution in [0.3, 0.4) is 0 Å². The van der Waals surface area contributed by atoms with Crippen molar-refractivity contribution in [2.75, 3.05) is 0 Å². The molecule has 0 radical (unpaired) electrons. The van der Waals surface area contributed by atoms with Gasteiger partial charge in [0.2, 0.25) is 0 Å². The minimum atomic E-state index is 0.366. The molecule has 0 N–H and O–H groups in total. The molecule has 3 heteroatoms. The number of aryl methyl sites for hydroxylation is 1. The van der Waals surface area contributed by atoms with Gasteiger partial charge in [0.1, 0.15) is 0 Å². The highest BCUT2D eigenvalue weighted by molar-refractivity contribution is 6.20. The maximum atomic E-state index is 6.30. The molecule has 1 fully saturated rings. The lowest BCUT2D eigenvalue weighted by molar-refractivity contribution is 0.360. The SMILES string of the molecule is Cn1ccc(CC2CCCCC2Cl)n1. The van der Waals surface area contributed by atoms with Crippen molar-refractivity contribution in [1.29, 1.82) is 0 Å². The molecule has 0 aliphatic heterocycles. The molecule has 0 spiro atoms. The van der Waals surface area contributed by atoms with Gasteiger partial charge in [0.25, 0.3) is 0 Å². The van der Waals surface area contributed by atoms with E-state index >= 15 is 0 Å². The zero-order chi connectivity index (χ0) is 9.97. The highest BCUT2D eigenvalue weighted by Gasteiger charge is 2.23. The van der Waals surface area contributed by atoms with Crippen LogP contribution in [0.5, 0.6) is 0 Å². The third kappa shape index (κ3) is 2.30. The molecule has 1 saturated carbocycles. The average Bonchev–Trinajstić information content (AvgIpc) is 2.56. The summed E-state index contributed by atoms with van der Waals surface area (Å²) in [6.07, 6.45) is 8.13. The monoisotopic (exact) mass is 212 g/mol. The van der Waals surface area contributed by atoms with Crippen molar-refractivity contribution in [2.45, 2.75) is 37.5 Å². The van der Waals surface area contributed by atoms with Gasteiger partial charge >= 0.3 is 0 Å². The Morgan fingerprint density at radius 1 is 1.50 bits per heavy atom. The molecule has 2 nitrogen and oxygen atoms in total. The molecule has 0 saturated heterocycles. The molecule has 0 aromatic carbocycles. The first-order valence-corrected chi connectivity index (χ1v) is 5.82. The second-order valence-corrected chi connectivity index (χ2v) is 4.81. The van der Waals surface area contributed by atoms with Crippen LogP contribution in [-0.4, -0.2) is 15.2 Å². The molecule has 78 valence electrons. The summed E-state index contributed by atoms with van der Waals surface area (Å²) in [5, 5.41) is 4.76. The number of halogens is 1. The number of nitrogens with zero attached hydrogens (tertiary/aromatic N) is 2. The van der Waals surface area contributed by atoms with E-state index in [1.54, 1.807) is 0 Å². The minimum absolute atomic E-state index is 0.366. The number of hydrogen-bond acceptors (Lipinski definition) is 1. The van der Waals surface area contributed by atoms with E-state index in [2.05, 4.69) is 11.2 Å². The summed E-state index contributed by atoms with van der Waals surface area (Å²) in [7, 11) is 1.96. The zero-order valence-electron chi connectivity index (χ0n) is 8.62. The van der Waals surface area contributed by atoms with Crippen LogP contribution in [0.4, 0.5) is 0 Å². The van der Waals surface area contributed by atoms with Crippen molar-refractivity contribution in [3.63, 3.8) is 0 Å². The van der Waals surface area contributed by atoms with Gasteiger partial charge in [-0.15, -0.1) is 11.6 Å². The van der Waals surface area contributed by atoms with Crippen LogP contribution < -0.4 is 0 Å². The fourth-order valence-corrected chi connectivity index (χ4v) is 2.60. The predicted molar refractivity (Wildman–Crippen MR) is 58.5 cm³/mol. The molecule has 1 aromatic heterocycles. The standard InChI is InChI=1S/C11H17ClN2/c1-14-7-6-10(13-14)8-9-4-2-3-5-11(9)12/h6-7,9,11H,2-5,8H2,1H3. The fraction of sp³-hybridized carbons (Fsp3) is 0.727. The summed E-state index contributed by atoms with van der Waals surface area (Å²) in [5.41, 5.74) is 1.19. The molecule has 1 aliphatic rings. The number of alkyl halides is 1. The van der Waals surface area contributed by atoms with E-state index in [1.165, 1.54) is 31.4 Å². The lowest BCUT2D eigenvalue weighted by Gasteiger charge is -2.26. The van der Waals surface area contributed by atoms with Gasteiger partial charge in [0.05, 0.1) is 5.69 Å². The Kier molecular flexibility index (Phi) is 3.12. The van der Waals surface area contributed by atoms with Gasteiger partial charge in [-0.3, -0.25) is 4.68 Å². The highest BCUT2D eigenvalue weighted by atomic mass is 35.5. The Labute approximate surface area is 90.3 Å². The summed E-state index contributed by atoms with van der Waals surface area (Å²) in [4.78, 5) is 0. The largest absolute Gasteiger partial charge is 0.276 e. The first-order chi connectivity index (χ1) is 6.75. The van der Waals surface area contributed by atoms with E-state index in [1.807, 2.05) is 17.9 Å². The van der Waals surface area contributed by atoms with Crippen LogP contribution in [0.2, 0.25) is 0 Å². The maximum Gasteiger partial charge on any atom is 0.0627 e. The Morgan fingerprint density at radius 2 is 2.29 bits per heavy atom. The van der Waals surface area contributed by atoms with E-state index in [0.29, 0.717) is 11.3 Å². The lowest BCUT2D eigenvalue weighted by Crippen LogP contribution is -2.21. The van der Waals surface area contributed by atoms with Crippen LogP contribution in [0, 0.1) is 5.92 Å². The van der Waals surface area contributed by atoms with Crippen LogP contribution in [0.1, 0.15) is 31.4 Å². The summed E-state index contributed by atoms with van der Waals surface area (Å²) < 4.78 is 1.86. The summed E-state index contributed by atoms with van der Waals surface area (Å²) in [6, 6.07) is 2.10. The maximum absolute atomic E-state index is 6.30. The van der Waals surface area contributed by atoms with Gasteiger partial charge in [-0.2, -0.15) is 5.10 Å². The topological polar surface area (TPSA) is 17.8 Å². The summed E-state index contributed by atoms with van der Waals surface area (Å²) in [5.74, 6) is 0.639. The summed E-state index contributed by atoms with van der Waals surface area (Å²) >= 11 is 6.30. The molecule has 2 unspecified atom stereocenters. The van der Waals surface area contributed by atoms with E-state index in [9.17, 15) is 0 Å². The lowest BCUT2D eigenvalue weighted by atomic mass is 9.86. The molecule has 0 amide bonds. The summed E-state index contributed by atoms with van der Waals surface area (Å²) in [6.45, 7) is 0. The molecule has 2 atom stereocenters. The Balaban J connectivity index is 1.95. The van der Waals surface area contributed by atoms with Crippen molar-refractivity contribution < 1.29 is 0 Å². The number of rotatable bonds is 2. The Bertz CT molecular complexity index is 295. The van der Waals surface area contributed by atoms with Crippen molar-refractivity contribution in [2.24, 2.45) is 13.0 Å². The molecule has 1 aromatic rings. The van der Waals surface area contributed by atoms with Gasteiger partial charge in [-0.05, 0) is 31.2 Å². The van der Waals surface area contributed by atoms with Crippen LogP contribution in [0.25, 0.3) is 0 Å². The fourth-order valence-electron chi connectivity index (χ4n) is 2.23. The van der Waals surface area contributed by atoms with Crippen molar-refractivity contribution in [3.8, 4) is 0 Å². The highest BCUT2D eigenvalue weighted by Crippen LogP contribution is 2.30. The van der Waals surface area contributed by atoms with E-state index in [0.717, 1.165) is 6.42 Å². The first-order valence-electron chi connectivity index (χ1n) is 5.38. The van der Waals surface area contributed by atoms with Gasteiger partial charge in [0.15, 0.2) is 0 Å². The Morgan fingerprint density at radius 3 is 2.93 bits per heavy atom. The average molecular weight is 213 g/mol. The predicted octanol–water partition coefficient (Wildman–Crippen LogP) is 2.76. The third-order valence-electron chi connectivity index (χ3n) is 3.06. The second kappa shape index (κ2) is 4.35. The van der Waals surface area contributed by atoms with Gasteiger partial charge in [-0.25, -0.2) is 0 Å². The van der Waals surface area contributed by atoms with E-state index < -0.39 is 0 Å². The van der Waals surface area contributed by atoms with Gasteiger partial charge < -0.3 is 0 Å². The molecule has 0 bridgehead atoms. The zero-order valence-corrected chi connectivity index (χ0v) is 9.37. The quantitative estimate of drug-likeness (QED) is 0.690. The van der Waals surface area contributed by atoms with Crippen LogP contribution in [0.15, 0.2) is 12.3 Å². The van der Waals surface area contributed by atoms with Crippen molar-refractivity contribution >= 4 is 11.6 Å². The molecule has 1 heterocycles. The van der Waals surface area contributed by atoms with Gasteiger partial charge in [0, 0.05) is 18.6 Å². The van der Waals surface area contributed by atoms with Crippen LogP contribution >= 0.6 is 11.6 Å². The smallest absolute Gasteiger partial charge is 0.0627 e. The van der Waals surface area contributed by atoms with Gasteiger partial charge in [-0.1, -0.05) is 12.8 Å². The normalized spacial score (nSPS) is 27.9. The number of aromatic nitrogens is 2. The first kappa shape index (κ1) is 10.0. The third-order valence-corrected chi connectivity index (χ3v) is 3.63. The Hall–Kier alpha value is -0.500. The molecular formula is C11H17ClN2. The molecular weight excluding hydrogens is 196 g/mol. The second-order valence-electron chi connectivity index (χ2n) is 4.25. The molecule has 1 aliphatic carbocycles. The van der Waals surface area contributed by atoms with Crippen molar-refractivity contribution in [1.82, 2.24) is 9.78 Å². The van der Waals surface area contributed by atoms with E-state index in [4.69, 9.17) is 11.6 Å². The van der Waals surface area contributed by atoms with Crippen molar-refractivity contribution in [3.05, 3.63) is 18.0 Å². The number of hydrogen-bond donors (Lipinski definition) is 0. The van der Waals surface area contributed by atoms with Crippen LogP contribution in [-0.2, 0) is 13.5 Å². The molecule has 2 rings (SSSR count). The van der Waals surface area contributed by atoms with E-state index in [-0.39, 0.29) is 0 Å².